The van der Waals surface area contributed by atoms with Crippen molar-refractivity contribution in [3.8, 4) is 0 Å². The first-order valence-corrected chi connectivity index (χ1v) is 5.55. The van der Waals surface area contributed by atoms with Crippen molar-refractivity contribution in [2.75, 3.05) is 6.61 Å². The molecule has 3 N–H and O–H groups in total. The predicted octanol–water partition coefficient (Wildman–Crippen LogP) is -1.24. The van der Waals surface area contributed by atoms with Crippen LogP contribution in [-0.2, 0) is 4.74 Å². The number of H-pyrrole nitrogens is 1. The van der Waals surface area contributed by atoms with Gasteiger partial charge >= 0.3 is 0 Å². The van der Waals surface area contributed by atoms with Gasteiger partial charge in [-0.05, 0) is 0 Å². The lowest BCUT2D eigenvalue weighted by Crippen LogP contribution is -2.24. The van der Waals surface area contributed by atoms with Gasteiger partial charge in [-0.15, -0.1) is 0 Å². The second kappa shape index (κ2) is 4.16. The largest absolute Gasteiger partial charge is 0.394 e. The lowest BCUT2D eigenvalue weighted by Gasteiger charge is -2.13. The standard InChI is InChI=1S/C10H12N4O4/c15-2-6-5(16)1-7(18-6)14-4-13-8-9(14)11-3-12-10(8)17/h3-7,15-16H,1-2H2,(H,11,12,17)/t5-,6+,7+/m0/s1/i12+1. The molecule has 2 aromatic rings. The average molecular weight is 253 g/mol. The van der Waals surface area contributed by atoms with Crippen molar-refractivity contribution in [2.24, 2.45) is 0 Å². The molecule has 2 aromatic heterocycles. The molecule has 1 saturated heterocycles. The van der Waals surface area contributed by atoms with E-state index in [2.05, 4.69) is 15.0 Å². The Bertz CT molecular complexity index is 622. The number of hydrogen-bond donors (Lipinski definition) is 3. The van der Waals surface area contributed by atoms with Gasteiger partial charge in [0.05, 0.1) is 25.4 Å². The molecule has 96 valence electrons. The SMILES string of the molecule is O=c1[15nH]cnc2c1ncn2[C@H]1C[C@H](O)[C@@H](CO)O1. The number of nitrogens with zero attached hydrogens (tertiary/aromatic N) is 3. The minimum atomic E-state index is -0.737. The number of hydrogen-bond acceptors (Lipinski definition) is 6. The minimum Gasteiger partial charge on any atom is -0.394 e. The Kier molecular flexibility index (Phi) is 2.62. The van der Waals surface area contributed by atoms with Crippen LogP contribution in [-0.4, -0.2) is 48.5 Å². The van der Waals surface area contributed by atoms with E-state index < -0.39 is 18.4 Å². The van der Waals surface area contributed by atoms with E-state index in [0.29, 0.717) is 12.1 Å². The van der Waals surface area contributed by atoms with Crippen LogP contribution in [0.1, 0.15) is 12.6 Å². The minimum absolute atomic E-state index is 0.225. The lowest BCUT2D eigenvalue weighted by molar-refractivity contribution is -0.0432. The van der Waals surface area contributed by atoms with Crippen LogP contribution in [0.25, 0.3) is 11.2 Å². The van der Waals surface area contributed by atoms with Gasteiger partial charge in [0.1, 0.15) is 12.3 Å². The Morgan fingerprint density at radius 3 is 3.11 bits per heavy atom. The van der Waals surface area contributed by atoms with Crippen LogP contribution in [0.5, 0.6) is 0 Å². The third kappa shape index (κ3) is 1.62. The topological polar surface area (TPSA) is 113 Å². The Balaban J connectivity index is 2.01. The summed E-state index contributed by atoms with van der Waals surface area (Å²) in [7, 11) is 0. The third-order valence-electron chi connectivity index (χ3n) is 3.06. The van der Waals surface area contributed by atoms with Gasteiger partial charge in [0.15, 0.2) is 11.2 Å². The Morgan fingerprint density at radius 1 is 1.56 bits per heavy atom. The molecule has 0 radical (unpaired) electrons. The molecule has 8 nitrogen and oxygen atoms in total. The summed E-state index contributed by atoms with van der Waals surface area (Å²) in [4.78, 5) is 21.9. The van der Waals surface area contributed by atoms with E-state index in [1.807, 2.05) is 0 Å². The molecular weight excluding hydrogens is 241 g/mol. The molecule has 1 aliphatic rings. The summed E-state index contributed by atoms with van der Waals surface area (Å²) in [6, 6.07) is 0. The van der Waals surface area contributed by atoms with Gasteiger partial charge in [-0.25, -0.2) is 9.97 Å². The molecule has 3 heterocycles. The van der Waals surface area contributed by atoms with Crippen molar-refractivity contribution in [3.63, 3.8) is 0 Å². The molecule has 0 aromatic carbocycles. The molecule has 0 bridgehead atoms. The maximum atomic E-state index is 11.5. The van der Waals surface area contributed by atoms with Crippen molar-refractivity contribution in [2.45, 2.75) is 24.9 Å². The van der Waals surface area contributed by atoms with E-state index in [4.69, 9.17) is 9.84 Å². The number of aliphatic hydroxyl groups excluding tert-OH is 2. The van der Waals surface area contributed by atoms with Crippen molar-refractivity contribution < 1.29 is 14.9 Å². The first-order valence-electron chi connectivity index (χ1n) is 5.55. The Morgan fingerprint density at radius 2 is 2.39 bits per heavy atom. The number of aromatic amines is 1. The lowest BCUT2D eigenvalue weighted by atomic mass is 10.2. The van der Waals surface area contributed by atoms with Gasteiger partial charge in [0.2, 0.25) is 0 Å². The quantitative estimate of drug-likeness (QED) is 0.617. The van der Waals surface area contributed by atoms with E-state index in [-0.39, 0.29) is 17.7 Å². The summed E-state index contributed by atoms with van der Waals surface area (Å²) >= 11 is 0. The Hall–Kier alpha value is -1.77. The predicted molar refractivity (Wildman–Crippen MR) is 59.8 cm³/mol. The summed E-state index contributed by atoms with van der Waals surface area (Å²) in [5.74, 6) is 0. The molecule has 8 heteroatoms. The molecule has 3 atom stereocenters. The van der Waals surface area contributed by atoms with Crippen molar-refractivity contribution in [1.29, 1.82) is 0 Å². The van der Waals surface area contributed by atoms with Gasteiger partial charge < -0.3 is 19.9 Å². The molecule has 3 rings (SSSR count). The molecule has 0 unspecified atom stereocenters. The maximum absolute atomic E-state index is 11.5. The number of aromatic nitrogens is 4. The highest BCUT2D eigenvalue weighted by molar-refractivity contribution is 5.68. The smallest absolute Gasteiger partial charge is 0.278 e. The molecule has 1 fully saturated rings. The fourth-order valence-electron chi connectivity index (χ4n) is 2.12. The molecule has 1 aliphatic heterocycles. The highest BCUT2D eigenvalue weighted by Gasteiger charge is 2.35. The number of nitrogens with one attached hydrogen (secondary N) is 1. The Labute approximate surface area is 101 Å². The molecule has 0 spiro atoms. The normalized spacial score (nSPS) is 28.0. The monoisotopic (exact) mass is 253 g/mol. The van der Waals surface area contributed by atoms with Gasteiger partial charge in [0, 0.05) is 6.42 Å². The summed E-state index contributed by atoms with van der Waals surface area (Å²) in [6.45, 7) is -0.252. The van der Waals surface area contributed by atoms with Crippen molar-refractivity contribution >= 4 is 11.2 Å². The van der Waals surface area contributed by atoms with Crippen LogP contribution in [0.2, 0.25) is 0 Å². The third-order valence-corrected chi connectivity index (χ3v) is 3.06. The summed E-state index contributed by atoms with van der Waals surface area (Å²) in [5, 5.41) is 18.7. The highest BCUT2D eigenvalue weighted by atomic mass is 16.5. The van der Waals surface area contributed by atoms with E-state index in [1.54, 1.807) is 4.57 Å². The second-order valence-corrected chi connectivity index (χ2v) is 4.17. The number of rotatable bonds is 2. The zero-order valence-corrected chi connectivity index (χ0v) is 9.35. The fourth-order valence-corrected chi connectivity index (χ4v) is 2.12. The number of aliphatic hydroxyl groups is 2. The average Bonchev–Trinajstić information content (AvgIpc) is 2.93. The first kappa shape index (κ1) is 11.3. The van der Waals surface area contributed by atoms with E-state index in [1.165, 1.54) is 12.7 Å². The first-order chi connectivity index (χ1) is 8.70. The fraction of sp³-hybridized carbons (Fsp3) is 0.500. The van der Waals surface area contributed by atoms with E-state index in [9.17, 15) is 9.90 Å². The van der Waals surface area contributed by atoms with Crippen LogP contribution in [0.15, 0.2) is 17.4 Å². The van der Waals surface area contributed by atoms with Gasteiger partial charge in [0.25, 0.3) is 5.56 Å². The van der Waals surface area contributed by atoms with Crippen LogP contribution >= 0.6 is 0 Å². The van der Waals surface area contributed by atoms with Gasteiger partial charge in [-0.1, -0.05) is 0 Å². The van der Waals surface area contributed by atoms with Crippen LogP contribution in [0.4, 0.5) is 0 Å². The summed E-state index contributed by atoms with van der Waals surface area (Å²) in [5.41, 5.74) is 0.300. The van der Waals surface area contributed by atoms with Crippen LogP contribution in [0, 0.1) is 0 Å². The van der Waals surface area contributed by atoms with Gasteiger partial charge in [-0.2, -0.15) is 0 Å². The van der Waals surface area contributed by atoms with E-state index in [0.717, 1.165) is 0 Å². The molecule has 0 saturated carbocycles. The zero-order chi connectivity index (χ0) is 12.7. The van der Waals surface area contributed by atoms with Gasteiger partial charge in [-0.3, -0.25) is 9.36 Å². The number of fused-ring (bicyclic) bond motifs is 1. The van der Waals surface area contributed by atoms with Crippen molar-refractivity contribution in [3.05, 3.63) is 23.0 Å². The maximum Gasteiger partial charge on any atom is 0.278 e. The highest BCUT2D eigenvalue weighted by Crippen LogP contribution is 2.29. The summed E-state index contributed by atoms with van der Waals surface area (Å²) < 4.78 is 7.07. The number of imidazole rings is 1. The van der Waals surface area contributed by atoms with Crippen molar-refractivity contribution in [1.82, 2.24) is 19.5 Å². The summed E-state index contributed by atoms with van der Waals surface area (Å²) in [6.07, 6.45) is 1.23. The second-order valence-electron chi connectivity index (χ2n) is 4.17. The molecular formula is C10H12N4O4. The number of ether oxygens (including phenoxy) is 1. The molecule has 0 aliphatic carbocycles. The van der Waals surface area contributed by atoms with Crippen LogP contribution < -0.4 is 5.56 Å². The van der Waals surface area contributed by atoms with Crippen LogP contribution in [0.3, 0.4) is 0 Å². The molecule has 18 heavy (non-hydrogen) atoms. The van der Waals surface area contributed by atoms with E-state index >= 15 is 0 Å². The molecule has 0 amide bonds. The zero-order valence-electron chi connectivity index (χ0n) is 9.35.